The van der Waals surface area contributed by atoms with Gasteiger partial charge in [0.1, 0.15) is 0 Å². The number of hydrogen-bond donors (Lipinski definition) is 1. The van der Waals surface area contributed by atoms with Gasteiger partial charge in [0, 0.05) is 6.04 Å². The van der Waals surface area contributed by atoms with E-state index in [4.69, 9.17) is 15.7 Å². The molecule has 0 saturated heterocycles. The van der Waals surface area contributed by atoms with Gasteiger partial charge in [0.2, 0.25) is 0 Å². The van der Waals surface area contributed by atoms with Gasteiger partial charge in [-0.3, -0.25) is 0 Å². The number of benzene rings is 1. The summed E-state index contributed by atoms with van der Waals surface area (Å²) in [4.78, 5) is 0. The second-order valence-corrected chi connectivity index (χ2v) is 3.45. The minimum atomic E-state index is 0.0826. The normalized spacial score (nSPS) is 12.1. The molecule has 2 N–H and O–H groups in total. The van der Waals surface area contributed by atoms with E-state index in [1.807, 2.05) is 25.1 Å². The van der Waals surface area contributed by atoms with Gasteiger partial charge in [0.25, 0.3) is 0 Å². The SMILES string of the molecule is CCC(N)COCc1ccccc1C#N. The van der Waals surface area contributed by atoms with E-state index >= 15 is 0 Å². The molecular formula is C12H16N2O. The molecule has 0 bridgehead atoms. The van der Waals surface area contributed by atoms with Gasteiger partial charge < -0.3 is 10.5 Å². The Morgan fingerprint density at radius 3 is 2.87 bits per heavy atom. The molecule has 80 valence electrons. The molecular weight excluding hydrogens is 188 g/mol. The van der Waals surface area contributed by atoms with E-state index < -0.39 is 0 Å². The Hall–Kier alpha value is -1.37. The number of rotatable bonds is 5. The minimum absolute atomic E-state index is 0.0826. The van der Waals surface area contributed by atoms with Crippen molar-refractivity contribution < 1.29 is 4.74 Å². The fourth-order valence-electron chi connectivity index (χ4n) is 1.19. The van der Waals surface area contributed by atoms with Crippen LogP contribution >= 0.6 is 0 Å². The Balaban J connectivity index is 2.47. The van der Waals surface area contributed by atoms with Crippen molar-refractivity contribution in [3.63, 3.8) is 0 Å². The van der Waals surface area contributed by atoms with Gasteiger partial charge in [0.15, 0.2) is 0 Å². The molecule has 0 amide bonds. The van der Waals surface area contributed by atoms with Gasteiger partial charge in [0.05, 0.1) is 24.8 Å². The maximum atomic E-state index is 8.84. The summed E-state index contributed by atoms with van der Waals surface area (Å²) in [5.74, 6) is 0. The lowest BCUT2D eigenvalue weighted by Crippen LogP contribution is -2.24. The number of ether oxygens (including phenoxy) is 1. The van der Waals surface area contributed by atoms with Crippen molar-refractivity contribution in [1.29, 1.82) is 5.26 Å². The summed E-state index contributed by atoms with van der Waals surface area (Å²) in [6.07, 6.45) is 0.903. The molecule has 3 heteroatoms. The summed E-state index contributed by atoms with van der Waals surface area (Å²) in [5, 5.41) is 8.84. The first-order valence-corrected chi connectivity index (χ1v) is 5.09. The average molecular weight is 204 g/mol. The average Bonchev–Trinajstić information content (AvgIpc) is 2.29. The molecule has 1 atom stereocenters. The number of nitriles is 1. The molecule has 0 aromatic heterocycles. The van der Waals surface area contributed by atoms with Crippen molar-refractivity contribution in [3.05, 3.63) is 35.4 Å². The molecule has 3 nitrogen and oxygen atoms in total. The highest BCUT2D eigenvalue weighted by atomic mass is 16.5. The van der Waals surface area contributed by atoms with Crippen molar-refractivity contribution in [2.24, 2.45) is 5.73 Å². The zero-order valence-electron chi connectivity index (χ0n) is 8.94. The third-order valence-electron chi connectivity index (χ3n) is 2.25. The lowest BCUT2D eigenvalue weighted by atomic mass is 10.1. The van der Waals surface area contributed by atoms with E-state index in [1.54, 1.807) is 6.07 Å². The van der Waals surface area contributed by atoms with Crippen molar-refractivity contribution in [3.8, 4) is 6.07 Å². The molecule has 0 heterocycles. The first kappa shape index (κ1) is 11.7. The van der Waals surface area contributed by atoms with E-state index in [0.29, 0.717) is 18.8 Å². The Morgan fingerprint density at radius 2 is 2.20 bits per heavy atom. The summed E-state index contributed by atoms with van der Waals surface area (Å²) in [6.45, 7) is 3.02. The molecule has 1 aromatic rings. The topological polar surface area (TPSA) is 59.0 Å². The number of nitrogens with zero attached hydrogens (tertiary/aromatic N) is 1. The van der Waals surface area contributed by atoms with Gasteiger partial charge in [-0.15, -0.1) is 0 Å². The molecule has 0 saturated carbocycles. The predicted molar refractivity (Wildman–Crippen MR) is 59.1 cm³/mol. The zero-order chi connectivity index (χ0) is 11.1. The molecule has 1 unspecified atom stereocenters. The van der Waals surface area contributed by atoms with E-state index in [0.717, 1.165) is 12.0 Å². The second kappa shape index (κ2) is 6.18. The van der Waals surface area contributed by atoms with Gasteiger partial charge >= 0.3 is 0 Å². The molecule has 0 fully saturated rings. The molecule has 1 aromatic carbocycles. The smallest absolute Gasteiger partial charge is 0.0995 e. The Labute approximate surface area is 90.5 Å². The van der Waals surface area contributed by atoms with Crippen molar-refractivity contribution in [1.82, 2.24) is 0 Å². The second-order valence-electron chi connectivity index (χ2n) is 3.45. The van der Waals surface area contributed by atoms with Crippen molar-refractivity contribution in [2.75, 3.05) is 6.61 Å². The number of nitrogens with two attached hydrogens (primary N) is 1. The van der Waals surface area contributed by atoms with E-state index in [9.17, 15) is 0 Å². The summed E-state index contributed by atoms with van der Waals surface area (Å²) in [7, 11) is 0. The lowest BCUT2D eigenvalue weighted by Gasteiger charge is -2.10. The monoisotopic (exact) mass is 204 g/mol. The van der Waals surface area contributed by atoms with Gasteiger partial charge in [-0.1, -0.05) is 25.1 Å². The van der Waals surface area contributed by atoms with Crippen LogP contribution in [0.25, 0.3) is 0 Å². The van der Waals surface area contributed by atoms with Crippen LogP contribution in [0.4, 0.5) is 0 Å². The lowest BCUT2D eigenvalue weighted by molar-refractivity contribution is 0.107. The van der Waals surface area contributed by atoms with Crippen LogP contribution in [-0.4, -0.2) is 12.6 Å². The van der Waals surface area contributed by atoms with Gasteiger partial charge in [-0.25, -0.2) is 0 Å². The Kier molecular flexibility index (Phi) is 4.82. The summed E-state index contributed by atoms with van der Waals surface area (Å²) >= 11 is 0. The highest BCUT2D eigenvalue weighted by Gasteiger charge is 2.02. The maximum Gasteiger partial charge on any atom is 0.0995 e. The molecule has 0 aliphatic rings. The molecule has 0 aliphatic carbocycles. The standard InChI is InChI=1S/C12H16N2O/c1-2-12(14)9-15-8-11-6-4-3-5-10(11)7-13/h3-6,12H,2,8-9,14H2,1H3. The van der Waals surface area contributed by atoms with Gasteiger partial charge in [-0.2, -0.15) is 5.26 Å². The predicted octanol–water partition coefficient (Wildman–Crippen LogP) is 1.81. The minimum Gasteiger partial charge on any atom is -0.375 e. The Bertz CT molecular complexity index is 344. The van der Waals surface area contributed by atoms with Crippen LogP contribution in [-0.2, 0) is 11.3 Å². The third-order valence-corrected chi connectivity index (χ3v) is 2.25. The molecule has 0 aliphatic heterocycles. The fraction of sp³-hybridized carbons (Fsp3) is 0.417. The number of hydrogen-bond acceptors (Lipinski definition) is 3. The van der Waals surface area contributed by atoms with Crippen LogP contribution in [0.3, 0.4) is 0 Å². The molecule has 0 spiro atoms. The first-order chi connectivity index (χ1) is 7.27. The molecule has 15 heavy (non-hydrogen) atoms. The largest absolute Gasteiger partial charge is 0.375 e. The van der Waals surface area contributed by atoms with Crippen LogP contribution in [0.5, 0.6) is 0 Å². The summed E-state index contributed by atoms with van der Waals surface area (Å²) in [5.41, 5.74) is 7.31. The maximum absolute atomic E-state index is 8.84. The fourth-order valence-corrected chi connectivity index (χ4v) is 1.19. The van der Waals surface area contributed by atoms with Crippen LogP contribution in [0.2, 0.25) is 0 Å². The van der Waals surface area contributed by atoms with E-state index in [2.05, 4.69) is 6.07 Å². The molecule has 1 rings (SSSR count). The zero-order valence-corrected chi connectivity index (χ0v) is 8.94. The van der Waals surface area contributed by atoms with E-state index in [-0.39, 0.29) is 6.04 Å². The Morgan fingerprint density at radius 1 is 1.47 bits per heavy atom. The summed E-state index contributed by atoms with van der Waals surface area (Å²) in [6, 6.07) is 9.66. The summed E-state index contributed by atoms with van der Waals surface area (Å²) < 4.78 is 5.44. The van der Waals surface area contributed by atoms with Crippen molar-refractivity contribution in [2.45, 2.75) is 26.0 Å². The highest BCUT2D eigenvalue weighted by Crippen LogP contribution is 2.08. The van der Waals surface area contributed by atoms with Crippen LogP contribution in [0.1, 0.15) is 24.5 Å². The van der Waals surface area contributed by atoms with Crippen LogP contribution in [0, 0.1) is 11.3 Å². The molecule has 0 radical (unpaired) electrons. The van der Waals surface area contributed by atoms with Gasteiger partial charge in [-0.05, 0) is 18.1 Å². The van der Waals surface area contributed by atoms with Crippen LogP contribution in [0.15, 0.2) is 24.3 Å². The highest BCUT2D eigenvalue weighted by molar-refractivity contribution is 5.36. The first-order valence-electron chi connectivity index (χ1n) is 5.09. The third kappa shape index (κ3) is 3.70. The van der Waals surface area contributed by atoms with E-state index in [1.165, 1.54) is 0 Å². The van der Waals surface area contributed by atoms with Crippen molar-refractivity contribution >= 4 is 0 Å². The van der Waals surface area contributed by atoms with Crippen LogP contribution < -0.4 is 5.73 Å². The quantitative estimate of drug-likeness (QED) is 0.795.